The second-order valence-corrected chi connectivity index (χ2v) is 3.69. The van der Waals surface area contributed by atoms with Gasteiger partial charge in [-0.3, -0.25) is 0 Å². The van der Waals surface area contributed by atoms with Gasteiger partial charge in [-0.2, -0.15) is 10.4 Å². The molecule has 5 nitrogen and oxygen atoms in total. The monoisotopic (exact) mass is 262 g/mol. The lowest BCUT2D eigenvalue weighted by Gasteiger charge is -2.05. The van der Waals surface area contributed by atoms with Gasteiger partial charge in [0.15, 0.2) is 0 Å². The fourth-order valence-electron chi connectivity index (χ4n) is 1.30. The zero-order chi connectivity index (χ0) is 13.9. The van der Waals surface area contributed by atoms with Crippen molar-refractivity contribution in [3.63, 3.8) is 0 Å². The Balaban J connectivity index is 2.37. The predicted octanol–water partition coefficient (Wildman–Crippen LogP) is 2.51. The van der Waals surface area contributed by atoms with Crippen LogP contribution in [0, 0.1) is 16.9 Å². The van der Waals surface area contributed by atoms with E-state index < -0.39 is 6.67 Å². The third-order valence-electron chi connectivity index (χ3n) is 2.25. The summed E-state index contributed by atoms with van der Waals surface area (Å²) in [6, 6.07) is 9.08. The Morgan fingerprint density at radius 3 is 2.79 bits per heavy atom. The van der Waals surface area contributed by atoms with Crippen LogP contribution in [-0.2, 0) is 11.3 Å². The molecular weight excluding hydrogens is 247 g/mol. The number of benzene rings is 1. The Kier molecular flexibility index (Phi) is 6.84. The van der Waals surface area contributed by atoms with E-state index in [9.17, 15) is 4.39 Å². The first-order valence-corrected chi connectivity index (χ1v) is 5.72. The van der Waals surface area contributed by atoms with Gasteiger partial charge in [0.25, 0.3) is 0 Å². The minimum Gasteiger partial charge on any atom is -0.387 e. The third-order valence-corrected chi connectivity index (χ3v) is 2.25. The van der Waals surface area contributed by atoms with Crippen molar-refractivity contribution in [2.45, 2.75) is 6.61 Å². The van der Waals surface area contributed by atoms with Crippen LogP contribution in [0.3, 0.4) is 0 Å². The number of hydrogen-bond donors (Lipinski definition) is 2. The van der Waals surface area contributed by atoms with Crippen LogP contribution in [0.25, 0.3) is 0 Å². The fraction of sp³-hybridized carbons (Fsp3) is 0.308. The highest BCUT2D eigenvalue weighted by Crippen LogP contribution is 2.06. The molecule has 1 aromatic carbocycles. The van der Waals surface area contributed by atoms with E-state index in [4.69, 9.17) is 15.5 Å². The fourth-order valence-corrected chi connectivity index (χ4v) is 1.30. The van der Waals surface area contributed by atoms with Crippen molar-refractivity contribution in [3.8, 4) is 6.07 Å². The number of alkyl halides is 1. The molecule has 0 atom stereocenters. The zero-order valence-electron chi connectivity index (χ0n) is 10.4. The summed E-state index contributed by atoms with van der Waals surface area (Å²) < 4.78 is 17.2. The van der Waals surface area contributed by atoms with Crippen LogP contribution in [0.2, 0.25) is 0 Å². The minimum absolute atomic E-state index is 0.169. The van der Waals surface area contributed by atoms with Crippen LogP contribution in [0.5, 0.6) is 0 Å². The van der Waals surface area contributed by atoms with Gasteiger partial charge in [-0.15, -0.1) is 0 Å². The summed E-state index contributed by atoms with van der Waals surface area (Å²) in [5, 5.41) is 14.6. The number of hydrogen-bond acceptors (Lipinski definition) is 5. The highest BCUT2D eigenvalue weighted by atomic mass is 19.1. The number of nitriles is 1. The van der Waals surface area contributed by atoms with Gasteiger partial charge in [0.05, 0.1) is 24.8 Å². The Labute approximate surface area is 111 Å². The molecule has 1 rings (SSSR count). The average molecular weight is 262 g/mol. The van der Waals surface area contributed by atoms with Crippen LogP contribution in [0.1, 0.15) is 11.1 Å². The van der Waals surface area contributed by atoms with Crippen LogP contribution in [-0.4, -0.2) is 19.8 Å². The summed E-state index contributed by atoms with van der Waals surface area (Å²) in [6.45, 7) is 0.243. The molecule has 0 aliphatic rings. The highest BCUT2D eigenvalue weighted by Gasteiger charge is 1.98. The van der Waals surface area contributed by atoms with Gasteiger partial charge in [0.2, 0.25) is 0 Å². The first-order chi connectivity index (χ1) is 9.30. The Bertz CT molecular complexity index is 465. The molecule has 0 fully saturated rings. The van der Waals surface area contributed by atoms with Crippen LogP contribution < -0.4 is 5.32 Å². The molecule has 100 valence electrons. The molecule has 0 amide bonds. The molecule has 0 bridgehead atoms. The summed E-state index contributed by atoms with van der Waals surface area (Å²) in [6.07, 6.45) is 1.46. The lowest BCUT2D eigenvalue weighted by molar-refractivity contribution is 0.141. The van der Waals surface area contributed by atoms with Gasteiger partial charge in [-0.25, -0.2) is 9.92 Å². The number of halogens is 1. The molecule has 6 heteroatoms. The van der Waals surface area contributed by atoms with Crippen molar-refractivity contribution in [2.75, 3.05) is 19.8 Å². The molecule has 0 aliphatic heterocycles. The van der Waals surface area contributed by atoms with Crippen molar-refractivity contribution in [3.05, 3.63) is 47.3 Å². The molecule has 1 aromatic rings. The third kappa shape index (κ3) is 5.75. The summed E-state index contributed by atoms with van der Waals surface area (Å²) in [4.78, 5) is 0. The van der Waals surface area contributed by atoms with Crippen molar-refractivity contribution < 1.29 is 9.13 Å². The zero-order valence-corrected chi connectivity index (χ0v) is 10.4. The number of nitrogens with one attached hydrogen (secondary N) is 2. The Morgan fingerprint density at radius 2 is 2.21 bits per heavy atom. The van der Waals surface area contributed by atoms with E-state index in [1.54, 1.807) is 24.3 Å². The maximum atomic E-state index is 11.9. The first kappa shape index (κ1) is 14.8. The van der Waals surface area contributed by atoms with E-state index in [0.29, 0.717) is 17.9 Å². The van der Waals surface area contributed by atoms with E-state index >= 15 is 0 Å². The molecule has 0 saturated heterocycles. The van der Waals surface area contributed by atoms with Crippen molar-refractivity contribution >= 4 is 0 Å². The summed E-state index contributed by atoms with van der Waals surface area (Å²) in [5.74, 6) is 0. The van der Waals surface area contributed by atoms with Crippen LogP contribution in [0.15, 0.2) is 41.3 Å². The summed E-state index contributed by atoms with van der Waals surface area (Å²) in [7, 11) is 0. The van der Waals surface area contributed by atoms with Crippen molar-refractivity contribution in [2.24, 2.45) is 5.11 Å². The van der Waals surface area contributed by atoms with Crippen LogP contribution in [0.4, 0.5) is 4.39 Å². The number of rotatable bonds is 8. The predicted molar refractivity (Wildman–Crippen MR) is 68.0 cm³/mol. The summed E-state index contributed by atoms with van der Waals surface area (Å²) >= 11 is 0. The molecule has 0 aliphatic carbocycles. The minimum atomic E-state index is -0.478. The molecule has 0 aromatic heterocycles. The molecule has 0 spiro atoms. The molecule has 0 unspecified atom stereocenters. The maximum Gasteiger partial charge on any atom is 0.107 e. The smallest absolute Gasteiger partial charge is 0.107 e. The molecule has 0 heterocycles. The Hall–Kier alpha value is -2.26. The second-order valence-electron chi connectivity index (χ2n) is 3.69. The SMILES string of the molecule is N#Cc1ccc(COC/C(=C/NCCF)N=N)cc1. The van der Waals surface area contributed by atoms with E-state index in [2.05, 4.69) is 10.4 Å². The largest absolute Gasteiger partial charge is 0.387 e. The maximum absolute atomic E-state index is 11.9. The van der Waals surface area contributed by atoms with E-state index in [-0.39, 0.29) is 13.2 Å². The van der Waals surface area contributed by atoms with Gasteiger partial charge in [-0.1, -0.05) is 12.1 Å². The summed E-state index contributed by atoms with van der Waals surface area (Å²) in [5.41, 5.74) is 8.86. The normalized spacial score (nSPS) is 10.8. The van der Waals surface area contributed by atoms with Crippen molar-refractivity contribution in [1.82, 2.24) is 5.32 Å². The molecule has 0 saturated carbocycles. The lowest BCUT2D eigenvalue weighted by Crippen LogP contribution is -2.10. The standard InChI is InChI=1S/C13H15FN4O/c14-5-6-17-8-13(18-16)10-19-9-12-3-1-11(7-15)2-4-12/h1-4,8,16-17H,5-6,9-10H2/b13-8-,18-16?. The van der Waals surface area contributed by atoms with Gasteiger partial charge in [0.1, 0.15) is 12.4 Å². The second kappa shape index (κ2) is 8.78. The van der Waals surface area contributed by atoms with Gasteiger partial charge >= 0.3 is 0 Å². The van der Waals surface area contributed by atoms with Gasteiger partial charge < -0.3 is 10.1 Å². The quantitative estimate of drug-likeness (QED) is 0.558. The first-order valence-electron chi connectivity index (χ1n) is 5.72. The van der Waals surface area contributed by atoms with Gasteiger partial charge in [0, 0.05) is 12.7 Å². The number of ether oxygens (including phenoxy) is 1. The van der Waals surface area contributed by atoms with Crippen LogP contribution >= 0.6 is 0 Å². The topological polar surface area (TPSA) is 81.3 Å². The average Bonchev–Trinajstić information content (AvgIpc) is 2.46. The highest BCUT2D eigenvalue weighted by molar-refractivity contribution is 5.31. The Morgan fingerprint density at radius 1 is 1.47 bits per heavy atom. The molecule has 19 heavy (non-hydrogen) atoms. The van der Waals surface area contributed by atoms with E-state index in [1.165, 1.54) is 6.20 Å². The molecular formula is C13H15FN4O. The lowest BCUT2D eigenvalue weighted by atomic mass is 10.2. The molecule has 0 radical (unpaired) electrons. The van der Waals surface area contributed by atoms with Gasteiger partial charge in [-0.05, 0) is 17.7 Å². The molecule has 2 N–H and O–H groups in total. The van der Waals surface area contributed by atoms with E-state index in [0.717, 1.165) is 5.56 Å². The van der Waals surface area contributed by atoms with Crippen molar-refractivity contribution in [1.29, 1.82) is 10.8 Å². The van der Waals surface area contributed by atoms with E-state index in [1.807, 2.05) is 6.07 Å². The number of nitrogens with zero attached hydrogens (tertiary/aromatic N) is 2.